The number of para-hydroxylation sites is 1. The van der Waals surface area contributed by atoms with Crippen LogP contribution in [0.2, 0.25) is 0 Å². The summed E-state index contributed by atoms with van der Waals surface area (Å²) in [7, 11) is 0. The molecule has 0 N–H and O–H groups in total. The summed E-state index contributed by atoms with van der Waals surface area (Å²) in [5, 5.41) is 0. The quantitative estimate of drug-likeness (QED) is 0.673. The van der Waals surface area contributed by atoms with Gasteiger partial charge in [-0.25, -0.2) is 0 Å². The summed E-state index contributed by atoms with van der Waals surface area (Å²) >= 11 is 0. The molecular weight excluding hydrogens is 180 g/mol. The van der Waals surface area contributed by atoms with Gasteiger partial charge in [-0.1, -0.05) is 18.2 Å². The Hall–Kier alpha value is -1.06. The molecule has 0 spiro atoms. The summed E-state index contributed by atoms with van der Waals surface area (Å²) in [6.07, 6.45) is 0.599. The molecule has 2 atom stereocenters. The summed E-state index contributed by atoms with van der Waals surface area (Å²) < 4.78 is 14.9. The van der Waals surface area contributed by atoms with E-state index < -0.39 is 0 Å². The summed E-state index contributed by atoms with van der Waals surface area (Å²) in [5.41, 5.74) is 0. The number of epoxide rings is 2. The van der Waals surface area contributed by atoms with Crippen LogP contribution in [0.1, 0.15) is 6.92 Å². The molecule has 0 saturated carbocycles. The fraction of sp³-hybridized carbons (Fsp3) is 0.455. The van der Waals surface area contributed by atoms with Crippen molar-refractivity contribution in [2.24, 2.45) is 0 Å². The van der Waals surface area contributed by atoms with Crippen molar-refractivity contribution in [1.82, 2.24) is 0 Å². The second-order valence-corrected chi connectivity index (χ2v) is 3.34. The molecule has 2 saturated heterocycles. The van der Waals surface area contributed by atoms with E-state index in [2.05, 4.69) is 6.92 Å². The van der Waals surface area contributed by atoms with Crippen molar-refractivity contribution in [3.8, 4) is 5.75 Å². The Bertz CT molecular complexity index is 265. The Balaban J connectivity index is 0.000000157. The second kappa shape index (κ2) is 4.44. The highest BCUT2D eigenvalue weighted by atomic mass is 16.8. The molecule has 76 valence electrons. The van der Waals surface area contributed by atoms with E-state index in [-0.39, 0.29) is 6.29 Å². The van der Waals surface area contributed by atoms with Gasteiger partial charge in [-0.3, -0.25) is 0 Å². The Labute approximate surface area is 83.6 Å². The fourth-order valence-corrected chi connectivity index (χ4v) is 0.854. The zero-order valence-electron chi connectivity index (χ0n) is 8.18. The van der Waals surface area contributed by atoms with Gasteiger partial charge < -0.3 is 14.2 Å². The van der Waals surface area contributed by atoms with Crippen LogP contribution in [-0.4, -0.2) is 25.6 Å². The van der Waals surface area contributed by atoms with E-state index in [1.807, 2.05) is 30.3 Å². The lowest BCUT2D eigenvalue weighted by Crippen LogP contribution is -1.96. The third-order valence-corrected chi connectivity index (χ3v) is 1.81. The molecule has 2 unspecified atom stereocenters. The van der Waals surface area contributed by atoms with Crippen molar-refractivity contribution in [3.05, 3.63) is 30.3 Å². The minimum Gasteiger partial charge on any atom is -0.462 e. The van der Waals surface area contributed by atoms with Crippen LogP contribution in [0, 0.1) is 0 Å². The second-order valence-electron chi connectivity index (χ2n) is 3.34. The number of ether oxygens (including phenoxy) is 3. The van der Waals surface area contributed by atoms with Crippen molar-refractivity contribution in [3.63, 3.8) is 0 Å². The van der Waals surface area contributed by atoms with Crippen molar-refractivity contribution < 1.29 is 14.2 Å². The SMILES string of the molecule is CC1CO1.c1ccc(OC2CO2)cc1. The van der Waals surface area contributed by atoms with Crippen LogP contribution in [0.3, 0.4) is 0 Å². The largest absolute Gasteiger partial charge is 0.462 e. The van der Waals surface area contributed by atoms with Gasteiger partial charge in [0.2, 0.25) is 6.29 Å². The van der Waals surface area contributed by atoms with Crippen LogP contribution in [0.15, 0.2) is 30.3 Å². The average Bonchev–Trinajstić information content (AvgIpc) is 3.07. The van der Waals surface area contributed by atoms with Gasteiger partial charge in [-0.15, -0.1) is 0 Å². The van der Waals surface area contributed by atoms with Crippen LogP contribution >= 0.6 is 0 Å². The first-order chi connectivity index (χ1) is 6.84. The van der Waals surface area contributed by atoms with E-state index in [0.717, 1.165) is 19.0 Å². The molecule has 3 heteroatoms. The zero-order chi connectivity index (χ0) is 9.80. The number of hydrogen-bond donors (Lipinski definition) is 0. The van der Waals surface area contributed by atoms with Gasteiger partial charge in [0, 0.05) is 0 Å². The summed E-state index contributed by atoms with van der Waals surface area (Å²) in [6, 6.07) is 9.68. The molecule has 3 nitrogen and oxygen atoms in total. The maximum atomic E-state index is 5.30. The molecule has 0 bridgehead atoms. The molecule has 1 aromatic rings. The lowest BCUT2D eigenvalue weighted by atomic mass is 10.3. The molecular formula is C11H14O3. The van der Waals surface area contributed by atoms with E-state index in [4.69, 9.17) is 14.2 Å². The first-order valence-electron chi connectivity index (χ1n) is 4.79. The molecule has 14 heavy (non-hydrogen) atoms. The van der Waals surface area contributed by atoms with E-state index in [9.17, 15) is 0 Å². The van der Waals surface area contributed by atoms with Crippen LogP contribution in [0.25, 0.3) is 0 Å². The first kappa shape index (κ1) is 9.49. The Morgan fingerprint density at radius 2 is 1.71 bits per heavy atom. The standard InChI is InChI=1S/C8H8O2.C3H6O/c1-2-4-7(5-3-1)10-8-6-9-8;1-3-2-4-3/h1-5,8H,6H2;3H,2H2,1H3. The molecule has 3 rings (SSSR count). The summed E-state index contributed by atoms with van der Waals surface area (Å²) in [6.45, 7) is 3.77. The zero-order valence-corrected chi connectivity index (χ0v) is 8.18. The molecule has 2 aliphatic heterocycles. The minimum atomic E-state index is 0.0161. The summed E-state index contributed by atoms with van der Waals surface area (Å²) in [4.78, 5) is 0. The van der Waals surface area contributed by atoms with Crippen LogP contribution in [0.5, 0.6) is 5.75 Å². The first-order valence-corrected chi connectivity index (χ1v) is 4.79. The highest BCUT2D eigenvalue weighted by Crippen LogP contribution is 2.17. The topological polar surface area (TPSA) is 34.3 Å². The molecule has 0 radical (unpaired) electrons. The van der Waals surface area contributed by atoms with E-state index in [1.54, 1.807) is 0 Å². The van der Waals surface area contributed by atoms with Crippen LogP contribution in [-0.2, 0) is 9.47 Å². The molecule has 1 aromatic carbocycles. The predicted octanol–water partition coefficient (Wildman–Crippen LogP) is 1.83. The fourth-order valence-electron chi connectivity index (χ4n) is 0.854. The smallest absolute Gasteiger partial charge is 0.223 e. The van der Waals surface area contributed by atoms with Crippen molar-refractivity contribution in [2.75, 3.05) is 13.2 Å². The van der Waals surface area contributed by atoms with Gasteiger partial charge in [0.25, 0.3) is 0 Å². The molecule has 0 amide bonds. The van der Waals surface area contributed by atoms with Crippen molar-refractivity contribution >= 4 is 0 Å². The maximum Gasteiger partial charge on any atom is 0.223 e. The minimum absolute atomic E-state index is 0.0161. The van der Waals surface area contributed by atoms with Crippen LogP contribution < -0.4 is 4.74 Å². The lowest BCUT2D eigenvalue weighted by molar-refractivity contribution is 0.179. The summed E-state index contributed by atoms with van der Waals surface area (Å²) in [5.74, 6) is 0.880. The monoisotopic (exact) mass is 194 g/mol. The highest BCUT2D eigenvalue weighted by molar-refractivity contribution is 5.21. The Morgan fingerprint density at radius 3 is 2.14 bits per heavy atom. The highest BCUT2D eigenvalue weighted by Gasteiger charge is 2.24. The number of hydrogen-bond acceptors (Lipinski definition) is 3. The van der Waals surface area contributed by atoms with Gasteiger partial charge in [-0.05, 0) is 19.1 Å². The molecule has 0 aromatic heterocycles. The van der Waals surface area contributed by atoms with E-state index in [1.165, 1.54) is 0 Å². The average molecular weight is 194 g/mol. The Morgan fingerprint density at radius 1 is 1.14 bits per heavy atom. The van der Waals surface area contributed by atoms with Gasteiger partial charge >= 0.3 is 0 Å². The molecule has 2 fully saturated rings. The Kier molecular flexibility index (Phi) is 3.01. The van der Waals surface area contributed by atoms with Crippen molar-refractivity contribution in [1.29, 1.82) is 0 Å². The third kappa shape index (κ3) is 3.77. The van der Waals surface area contributed by atoms with Gasteiger partial charge in [0.15, 0.2) is 0 Å². The molecule has 0 aliphatic carbocycles. The van der Waals surface area contributed by atoms with Gasteiger partial charge in [-0.2, -0.15) is 0 Å². The predicted molar refractivity (Wildman–Crippen MR) is 52.2 cm³/mol. The molecule has 2 aliphatic rings. The third-order valence-electron chi connectivity index (χ3n) is 1.81. The van der Waals surface area contributed by atoms with Crippen LogP contribution in [0.4, 0.5) is 0 Å². The van der Waals surface area contributed by atoms with Gasteiger partial charge in [0.1, 0.15) is 12.4 Å². The normalized spacial score (nSPS) is 27.2. The van der Waals surface area contributed by atoms with Gasteiger partial charge in [0.05, 0.1) is 12.7 Å². The van der Waals surface area contributed by atoms with E-state index >= 15 is 0 Å². The number of benzene rings is 1. The number of rotatable bonds is 2. The molecule has 2 heterocycles. The lowest BCUT2D eigenvalue weighted by Gasteiger charge is -1.98. The van der Waals surface area contributed by atoms with Crippen molar-refractivity contribution in [2.45, 2.75) is 19.3 Å². The van der Waals surface area contributed by atoms with E-state index in [0.29, 0.717) is 6.10 Å². The maximum absolute atomic E-state index is 5.30.